The zero-order chi connectivity index (χ0) is 11.5. The summed E-state index contributed by atoms with van der Waals surface area (Å²) in [5, 5.41) is 14.3. The molecule has 0 aromatic heterocycles. The molecule has 0 amide bonds. The van der Waals surface area contributed by atoms with Crippen LogP contribution in [0.4, 0.5) is 4.39 Å². The molecule has 0 unspecified atom stereocenters. The first-order valence-electron chi connectivity index (χ1n) is 5.13. The van der Waals surface area contributed by atoms with Gasteiger partial charge in [-0.1, -0.05) is 20.8 Å². The van der Waals surface area contributed by atoms with Gasteiger partial charge >= 0.3 is 0 Å². The molecule has 1 rings (SSSR count). The lowest BCUT2D eigenvalue weighted by Crippen LogP contribution is -2.34. The van der Waals surface area contributed by atoms with Crippen LogP contribution in [0.25, 0.3) is 0 Å². The second-order valence-electron chi connectivity index (χ2n) is 4.75. The average molecular weight is 217 g/mol. The fourth-order valence-electron chi connectivity index (χ4n) is 1.45. The first kappa shape index (κ1) is 12.2. The molecular weight excluding hydrogens is 199 g/mol. The van der Waals surface area contributed by atoms with Gasteiger partial charge in [-0.3, -0.25) is 9.38 Å². The Morgan fingerprint density at radius 3 is 2.73 bits per heavy atom. The summed E-state index contributed by atoms with van der Waals surface area (Å²) in [7, 11) is 0. The lowest BCUT2D eigenvalue weighted by atomic mass is 10.1. The summed E-state index contributed by atoms with van der Waals surface area (Å²) in [4.78, 5) is 3.85. The monoisotopic (exact) mass is 217 g/mol. The summed E-state index contributed by atoms with van der Waals surface area (Å²) in [6, 6.07) is -0.287. The van der Waals surface area contributed by atoms with Crippen molar-refractivity contribution in [1.82, 2.24) is 5.32 Å². The Morgan fingerprint density at radius 2 is 2.20 bits per heavy atom. The van der Waals surface area contributed by atoms with Gasteiger partial charge < -0.3 is 15.2 Å². The summed E-state index contributed by atoms with van der Waals surface area (Å²) >= 11 is 0. The maximum absolute atomic E-state index is 12.5. The van der Waals surface area contributed by atoms with Crippen LogP contribution in [0.1, 0.15) is 20.8 Å². The van der Waals surface area contributed by atoms with Crippen molar-refractivity contribution < 1.29 is 14.2 Å². The van der Waals surface area contributed by atoms with Crippen molar-refractivity contribution in [3.05, 3.63) is 0 Å². The summed E-state index contributed by atoms with van der Waals surface area (Å²) < 4.78 is 17.5. The quantitative estimate of drug-likeness (QED) is 0.526. The standard InChI is InChI=1S/C10H19FN2O2/c1-10(2,3)15-9(14)13-8-6-12-5-7(8)4-11/h7-8,12H,4-6H2,1-3H3,(H,13,14)/p-1/t7-,8+/m0/s1. The minimum Gasteiger partial charge on any atom is -0.595 e. The summed E-state index contributed by atoms with van der Waals surface area (Å²) in [5.74, 6) is -0.197. The Morgan fingerprint density at radius 1 is 1.53 bits per heavy atom. The highest BCUT2D eigenvalue weighted by Gasteiger charge is 2.26. The number of hydrogen-bond donors (Lipinski definition) is 1. The molecule has 1 N–H and O–H groups in total. The van der Waals surface area contributed by atoms with Crippen molar-refractivity contribution in [2.24, 2.45) is 10.9 Å². The lowest BCUT2D eigenvalue weighted by Gasteiger charge is -2.30. The predicted octanol–water partition coefficient (Wildman–Crippen LogP) is 0.0753. The number of hydrogen-bond acceptors (Lipinski definition) is 4. The summed E-state index contributed by atoms with van der Waals surface area (Å²) in [5.41, 5.74) is -0.544. The van der Waals surface area contributed by atoms with Gasteiger partial charge in [-0.05, 0) is 0 Å². The molecule has 0 radical (unpaired) electrons. The highest BCUT2D eigenvalue weighted by molar-refractivity contribution is 5.62. The van der Waals surface area contributed by atoms with Gasteiger partial charge in [0.25, 0.3) is 0 Å². The minimum absolute atomic E-state index is 0.197. The Kier molecular flexibility index (Phi) is 3.90. The van der Waals surface area contributed by atoms with Crippen LogP contribution in [0, 0.1) is 5.92 Å². The van der Waals surface area contributed by atoms with Gasteiger partial charge in [-0.15, -0.1) is 0 Å². The molecule has 0 aromatic rings. The van der Waals surface area contributed by atoms with Crippen LogP contribution in [-0.4, -0.2) is 37.5 Å². The molecule has 1 aliphatic rings. The smallest absolute Gasteiger partial charge is 0.146 e. The van der Waals surface area contributed by atoms with E-state index in [-0.39, 0.29) is 12.0 Å². The van der Waals surface area contributed by atoms with E-state index in [1.165, 1.54) is 0 Å². The van der Waals surface area contributed by atoms with E-state index in [0.29, 0.717) is 13.1 Å². The predicted molar refractivity (Wildman–Crippen MR) is 54.4 cm³/mol. The fraction of sp³-hybridized carbons (Fsp3) is 0.900. The van der Waals surface area contributed by atoms with Crippen molar-refractivity contribution in [2.75, 3.05) is 19.8 Å². The van der Waals surface area contributed by atoms with Crippen LogP contribution in [0.5, 0.6) is 0 Å². The van der Waals surface area contributed by atoms with Crippen LogP contribution in [0.2, 0.25) is 0 Å². The molecule has 1 fully saturated rings. The first-order valence-corrected chi connectivity index (χ1v) is 5.13. The molecule has 88 valence electrons. The fourth-order valence-corrected chi connectivity index (χ4v) is 1.45. The van der Waals surface area contributed by atoms with Gasteiger partial charge in [0.15, 0.2) is 0 Å². The van der Waals surface area contributed by atoms with Gasteiger partial charge in [-0.2, -0.15) is 0 Å². The average Bonchev–Trinajstić information content (AvgIpc) is 2.48. The lowest BCUT2D eigenvalue weighted by molar-refractivity contribution is -0.261. The molecule has 5 heteroatoms. The van der Waals surface area contributed by atoms with Crippen molar-refractivity contribution in [3.8, 4) is 0 Å². The van der Waals surface area contributed by atoms with Crippen LogP contribution in [0.15, 0.2) is 4.99 Å². The van der Waals surface area contributed by atoms with Crippen molar-refractivity contribution in [1.29, 1.82) is 0 Å². The Balaban J connectivity index is 2.54. The second kappa shape index (κ2) is 4.79. The molecule has 0 aliphatic carbocycles. The van der Waals surface area contributed by atoms with Crippen LogP contribution in [-0.2, 0) is 4.74 Å². The summed E-state index contributed by atoms with van der Waals surface area (Å²) in [6.07, 6.45) is -0.602. The molecular formula is C10H18FN2O2-. The third kappa shape index (κ3) is 4.03. The van der Waals surface area contributed by atoms with E-state index >= 15 is 0 Å². The number of halogens is 1. The highest BCUT2D eigenvalue weighted by Crippen LogP contribution is 2.14. The number of nitrogens with zero attached hydrogens (tertiary/aromatic N) is 1. The molecule has 1 heterocycles. The third-order valence-electron chi connectivity index (χ3n) is 2.17. The van der Waals surface area contributed by atoms with E-state index in [0.717, 1.165) is 0 Å². The molecule has 1 aliphatic heterocycles. The molecule has 4 nitrogen and oxygen atoms in total. The Bertz CT molecular complexity index is 238. The molecule has 15 heavy (non-hydrogen) atoms. The maximum atomic E-state index is 12.5. The van der Waals surface area contributed by atoms with Crippen molar-refractivity contribution >= 4 is 6.08 Å². The van der Waals surface area contributed by atoms with E-state index in [1.54, 1.807) is 20.8 Å². The number of nitrogens with one attached hydrogen (secondary N) is 1. The zero-order valence-electron chi connectivity index (χ0n) is 9.42. The molecule has 0 bridgehead atoms. The van der Waals surface area contributed by atoms with E-state index in [9.17, 15) is 9.50 Å². The topological polar surface area (TPSA) is 56.7 Å². The van der Waals surface area contributed by atoms with Crippen molar-refractivity contribution in [3.63, 3.8) is 0 Å². The SMILES string of the molecule is CC(C)(C)OC([O-])=N[C@@H]1CNC[C@@H]1CF. The van der Waals surface area contributed by atoms with Gasteiger partial charge in [0.2, 0.25) is 0 Å². The summed E-state index contributed by atoms with van der Waals surface area (Å²) in [6.45, 7) is 6.01. The molecule has 2 atom stereocenters. The normalized spacial score (nSPS) is 28.1. The van der Waals surface area contributed by atoms with Gasteiger partial charge in [0, 0.05) is 24.6 Å². The number of alkyl halides is 1. The zero-order valence-corrected chi connectivity index (χ0v) is 9.42. The van der Waals surface area contributed by atoms with E-state index in [4.69, 9.17) is 4.74 Å². The Labute approximate surface area is 89.5 Å². The van der Waals surface area contributed by atoms with E-state index in [1.807, 2.05) is 0 Å². The second-order valence-corrected chi connectivity index (χ2v) is 4.75. The van der Waals surface area contributed by atoms with Gasteiger partial charge in [0.05, 0.1) is 12.7 Å². The highest BCUT2D eigenvalue weighted by atomic mass is 19.1. The van der Waals surface area contributed by atoms with E-state index in [2.05, 4.69) is 10.3 Å². The number of aliphatic imine (C=N–C) groups is 1. The molecule has 1 saturated heterocycles. The van der Waals surface area contributed by atoms with Crippen LogP contribution in [0.3, 0.4) is 0 Å². The van der Waals surface area contributed by atoms with E-state index < -0.39 is 18.4 Å². The number of ether oxygens (including phenoxy) is 1. The largest absolute Gasteiger partial charge is 0.595 e. The third-order valence-corrected chi connectivity index (χ3v) is 2.17. The molecule has 0 saturated carbocycles. The minimum atomic E-state index is -0.602. The molecule has 0 aromatic carbocycles. The number of rotatable bonds is 2. The van der Waals surface area contributed by atoms with Gasteiger partial charge in [-0.25, -0.2) is 0 Å². The van der Waals surface area contributed by atoms with Crippen molar-refractivity contribution in [2.45, 2.75) is 32.4 Å². The first-order chi connectivity index (χ1) is 6.92. The van der Waals surface area contributed by atoms with Gasteiger partial charge in [0.1, 0.15) is 6.08 Å². The maximum Gasteiger partial charge on any atom is 0.146 e. The van der Waals surface area contributed by atoms with Crippen LogP contribution < -0.4 is 10.4 Å². The molecule has 0 spiro atoms. The Hall–Kier alpha value is -0.840. The van der Waals surface area contributed by atoms with Crippen LogP contribution >= 0.6 is 0 Å².